The Bertz CT molecular complexity index is 906. The van der Waals surface area contributed by atoms with E-state index in [1.807, 2.05) is 27.7 Å². The van der Waals surface area contributed by atoms with Crippen LogP contribution in [0.4, 0.5) is 0 Å². The summed E-state index contributed by atoms with van der Waals surface area (Å²) in [6, 6.07) is 3.53. The van der Waals surface area contributed by atoms with Crippen LogP contribution >= 0.6 is 0 Å². The van der Waals surface area contributed by atoms with E-state index in [0.717, 1.165) is 0 Å². The number of aromatic nitrogens is 2. The molecular weight excluding hydrogens is 380 g/mol. The Labute approximate surface area is 167 Å². The van der Waals surface area contributed by atoms with E-state index in [1.54, 1.807) is 30.9 Å². The predicted octanol–water partition coefficient (Wildman–Crippen LogP) is 2.56. The first-order chi connectivity index (χ1) is 13.0. The molecule has 2 rings (SSSR count). The van der Waals surface area contributed by atoms with Crippen molar-refractivity contribution in [2.75, 3.05) is 7.05 Å². The first-order valence-electron chi connectivity index (χ1n) is 9.30. The molecule has 0 bridgehead atoms. The second kappa shape index (κ2) is 8.48. The molecule has 0 radical (unpaired) electrons. The number of carbonyl (C=O) groups excluding carboxylic acids is 1. The molecular formula is C19H30N4O4S. The zero-order valence-corrected chi connectivity index (χ0v) is 18.4. The molecule has 0 aliphatic carbocycles. The van der Waals surface area contributed by atoms with E-state index in [4.69, 9.17) is 4.42 Å². The highest BCUT2D eigenvalue weighted by Gasteiger charge is 2.30. The average Bonchev–Trinajstić information content (AvgIpc) is 3.15. The van der Waals surface area contributed by atoms with Gasteiger partial charge in [-0.2, -0.15) is 9.40 Å². The second-order valence-electron chi connectivity index (χ2n) is 7.49. The quantitative estimate of drug-likeness (QED) is 0.667. The lowest BCUT2D eigenvalue weighted by Crippen LogP contribution is -2.44. The first kappa shape index (κ1) is 22.2. The normalized spacial score (nSPS) is 12.4. The molecule has 28 heavy (non-hydrogen) atoms. The number of sulfonamides is 1. The molecule has 0 saturated carbocycles. The Kier molecular flexibility index (Phi) is 6.71. The highest BCUT2D eigenvalue weighted by molar-refractivity contribution is 7.89. The van der Waals surface area contributed by atoms with Crippen LogP contribution in [0, 0.1) is 13.8 Å². The number of carbonyl (C=O) groups is 1. The molecule has 0 spiro atoms. The smallest absolute Gasteiger partial charge is 0.246 e. The third-order valence-corrected chi connectivity index (χ3v) is 6.68. The molecule has 1 amide bonds. The Morgan fingerprint density at radius 3 is 2.32 bits per heavy atom. The van der Waals surface area contributed by atoms with Crippen molar-refractivity contribution in [2.45, 2.75) is 71.6 Å². The van der Waals surface area contributed by atoms with Crippen molar-refractivity contribution in [1.29, 1.82) is 0 Å². The van der Waals surface area contributed by atoms with E-state index in [-0.39, 0.29) is 36.0 Å². The van der Waals surface area contributed by atoms with Gasteiger partial charge in [-0.15, -0.1) is 0 Å². The SMILES string of the molecule is Cc1nn(CC(=O)N(C(C)C)C(C)C)c(C)c1S(=O)(=O)N(C)Cc1ccco1. The van der Waals surface area contributed by atoms with Gasteiger partial charge < -0.3 is 9.32 Å². The molecule has 0 aromatic carbocycles. The van der Waals surface area contributed by atoms with Gasteiger partial charge in [-0.1, -0.05) is 0 Å². The third-order valence-electron chi connectivity index (χ3n) is 4.63. The number of hydrogen-bond donors (Lipinski definition) is 0. The lowest BCUT2D eigenvalue weighted by molar-refractivity contribution is -0.135. The Hall–Kier alpha value is -2.13. The predicted molar refractivity (Wildman–Crippen MR) is 106 cm³/mol. The molecule has 2 aromatic heterocycles. The monoisotopic (exact) mass is 410 g/mol. The first-order valence-corrected chi connectivity index (χ1v) is 10.7. The van der Waals surface area contributed by atoms with Gasteiger partial charge in [0, 0.05) is 19.1 Å². The van der Waals surface area contributed by atoms with E-state index in [1.165, 1.54) is 22.3 Å². The molecule has 0 fully saturated rings. The third kappa shape index (κ3) is 4.47. The molecule has 0 aliphatic heterocycles. The molecule has 0 saturated heterocycles. The number of aryl methyl sites for hydroxylation is 1. The lowest BCUT2D eigenvalue weighted by Gasteiger charge is -2.30. The maximum Gasteiger partial charge on any atom is 0.246 e. The van der Waals surface area contributed by atoms with Crippen molar-refractivity contribution in [1.82, 2.24) is 19.0 Å². The number of furan rings is 1. The number of hydrogen-bond acceptors (Lipinski definition) is 5. The highest BCUT2D eigenvalue weighted by atomic mass is 32.2. The van der Waals surface area contributed by atoms with Gasteiger partial charge in [0.1, 0.15) is 17.2 Å². The Morgan fingerprint density at radius 2 is 1.82 bits per heavy atom. The zero-order chi connectivity index (χ0) is 21.2. The maximum atomic E-state index is 13.1. The zero-order valence-electron chi connectivity index (χ0n) is 17.6. The fourth-order valence-corrected chi connectivity index (χ4v) is 4.95. The largest absolute Gasteiger partial charge is 0.468 e. The van der Waals surface area contributed by atoms with Crippen LogP contribution in [0.15, 0.2) is 27.7 Å². The highest BCUT2D eigenvalue weighted by Crippen LogP contribution is 2.24. The van der Waals surface area contributed by atoms with Gasteiger partial charge in [0.25, 0.3) is 0 Å². The summed E-state index contributed by atoms with van der Waals surface area (Å²) in [6.45, 7) is 11.3. The molecule has 2 heterocycles. The fourth-order valence-electron chi connectivity index (χ4n) is 3.45. The minimum absolute atomic E-state index is 0.000448. The summed E-state index contributed by atoms with van der Waals surface area (Å²) in [5, 5.41) is 4.34. The Morgan fingerprint density at radius 1 is 1.21 bits per heavy atom. The van der Waals surface area contributed by atoms with E-state index < -0.39 is 10.0 Å². The summed E-state index contributed by atoms with van der Waals surface area (Å²) < 4.78 is 34.1. The number of rotatable bonds is 8. The van der Waals surface area contributed by atoms with Crippen LogP contribution < -0.4 is 0 Å². The van der Waals surface area contributed by atoms with Gasteiger partial charge in [-0.05, 0) is 53.7 Å². The fraction of sp³-hybridized carbons (Fsp3) is 0.579. The maximum absolute atomic E-state index is 13.1. The standard InChI is InChI=1S/C19H30N4O4S/c1-13(2)23(14(3)4)18(24)12-22-16(6)19(15(5)20-22)28(25,26)21(7)11-17-9-8-10-27-17/h8-10,13-14H,11-12H2,1-7H3. The van der Waals surface area contributed by atoms with Crippen molar-refractivity contribution < 1.29 is 17.6 Å². The van der Waals surface area contributed by atoms with Gasteiger partial charge in [0.05, 0.1) is 24.2 Å². The van der Waals surface area contributed by atoms with Crippen LogP contribution in [0.2, 0.25) is 0 Å². The van der Waals surface area contributed by atoms with Crippen LogP contribution in [0.25, 0.3) is 0 Å². The molecule has 0 aliphatic rings. The summed E-state index contributed by atoms with van der Waals surface area (Å²) in [7, 11) is -2.28. The van der Waals surface area contributed by atoms with Gasteiger partial charge in [-0.3, -0.25) is 9.48 Å². The molecule has 156 valence electrons. The van der Waals surface area contributed by atoms with Crippen molar-refractivity contribution >= 4 is 15.9 Å². The molecule has 9 heteroatoms. The van der Waals surface area contributed by atoms with E-state index in [9.17, 15) is 13.2 Å². The van der Waals surface area contributed by atoms with Crippen LogP contribution in [0.3, 0.4) is 0 Å². The van der Waals surface area contributed by atoms with Crippen molar-refractivity contribution in [3.8, 4) is 0 Å². The summed E-state index contributed by atoms with van der Waals surface area (Å²) in [5.74, 6) is 0.456. The Balaban J connectivity index is 2.31. The minimum atomic E-state index is -3.78. The summed E-state index contributed by atoms with van der Waals surface area (Å²) in [6.07, 6.45) is 1.51. The van der Waals surface area contributed by atoms with Gasteiger partial charge in [0.15, 0.2) is 0 Å². The topological polar surface area (TPSA) is 88.7 Å². The average molecular weight is 411 g/mol. The molecule has 0 unspecified atom stereocenters. The van der Waals surface area contributed by atoms with Crippen molar-refractivity contribution in [2.24, 2.45) is 0 Å². The molecule has 0 N–H and O–H groups in total. The van der Waals surface area contributed by atoms with E-state index in [0.29, 0.717) is 17.1 Å². The summed E-state index contributed by atoms with van der Waals surface area (Å²) in [4.78, 5) is 14.7. The molecule has 2 aromatic rings. The summed E-state index contributed by atoms with van der Waals surface area (Å²) >= 11 is 0. The number of amides is 1. The van der Waals surface area contributed by atoms with E-state index >= 15 is 0 Å². The van der Waals surface area contributed by atoms with Crippen LogP contribution in [-0.2, 0) is 27.9 Å². The second-order valence-corrected chi connectivity index (χ2v) is 9.47. The van der Waals surface area contributed by atoms with Crippen molar-refractivity contribution in [3.05, 3.63) is 35.5 Å². The van der Waals surface area contributed by atoms with Crippen molar-refractivity contribution in [3.63, 3.8) is 0 Å². The van der Waals surface area contributed by atoms with Gasteiger partial charge in [0.2, 0.25) is 15.9 Å². The minimum Gasteiger partial charge on any atom is -0.468 e. The van der Waals surface area contributed by atoms with Gasteiger partial charge >= 0.3 is 0 Å². The van der Waals surface area contributed by atoms with Gasteiger partial charge in [-0.25, -0.2) is 8.42 Å². The van der Waals surface area contributed by atoms with E-state index in [2.05, 4.69) is 5.10 Å². The summed E-state index contributed by atoms with van der Waals surface area (Å²) in [5.41, 5.74) is 0.821. The molecule has 8 nitrogen and oxygen atoms in total. The van der Waals surface area contributed by atoms with Crippen LogP contribution in [-0.4, -0.2) is 52.4 Å². The molecule has 0 atom stereocenters. The van der Waals surface area contributed by atoms with Crippen LogP contribution in [0.5, 0.6) is 0 Å². The number of nitrogens with zero attached hydrogens (tertiary/aromatic N) is 4. The van der Waals surface area contributed by atoms with Crippen LogP contribution in [0.1, 0.15) is 44.8 Å². The lowest BCUT2D eigenvalue weighted by atomic mass is 10.2.